The number of alkyl halides is 1. The van der Waals surface area contributed by atoms with Crippen LogP contribution in [0.1, 0.15) is 23.7 Å². The number of hydrogen-bond acceptors (Lipinski definition) is 2. The van der Waals surface area contributed by atoms with Crippen LogP contribution < -0.4 is 5.32 Å². The summed E-state index contributed by atoms with van der Waals surface area (Å²) in [6.45, 7) is 2.58. The Balaban J connectivity index is 2.66. The van der Waals surface area contributed by atoms with E-state index in [1.54, 1.807) is 12.1 Å². The molecular formula is C11H13Br2NO2. The molecule has 1 rings (SSSR count). The molecule has 5 heteroatoms. The van der Waals surface area contributed by atoms with E-state index in [2.05, 4.69) is 37.2 Å². The molecule has 0 saturated heterocycles. The van der Waals surface area contributed by atoms with Gasteiger partial charge in [-0.05, 0) is 24.6 Å². The third-order valence-corrected chi connectivity index (χ3v) is 3.60. The van der Waals surface area contributed by atoms with Gasteiger partial charge < -0.3 is 10.4 Å². The zero-order chi connectivity index (χ0) is 12.1. The van der Waals surface area contributed by atoms with Crippen LogP contribution >= 0.6 is 31.9 Å². The molecule has 0 saturated carbocycles. The molecule has 2 N–H and O–H groups in total. The van der Waals surface area contributed by atoms with Crippen LogP contribution in [0.3, 0.4) is 0 Å². The number of rotatable bonds is 4. The largest absolute Gasteiger partial charge is 0.507 e. The van der Waals surface area contributed by atoms with E-state index >= 15 is 0 Å². The summed E-state index contributed by atoms with van der Waals surface area (Å²) in [6, 6.07) is 4.81. The minimum absolute atomic E-state index is 0.0190. The number of carbonyl (C=O) groups excluding carboxylic acids is 1. The summed E-state index contributed by atoms with van der Waals surface area (Å²) in [5, 5.41) is 12.3. The Bertz CT molecular complexity index is 382. The summed E-state index contributed by atoms with van der Waals surface area (Å²) in [7, 11) is 0. The zero-order valence-electron chi connectivity index (χ0n) is 8.84. The van der Waals surface area contributed by atoms with Gasteiger partial charge in [0.15, 0.2) is 0 Å². The van der Waals surface area contributed by atoms with Gasteiger partial charge >= 0.3 is 0 Å². The fraction of sp³-hybridized carbons (Fsp3) is 0.364. The molecule has 16 heavy (non-hydrogen) atoms. The predicted molar refractivity (Wildman–Crippen MR) is 71.1 cm³/mol. The summed E-state index contributed by atoms with van der Waals surface area (Å²) in [5.41, 5.74) is 0.291. The highest BCUT2D eigenvalue weighted by Crippen LogP contribution is 2.22. The molecule has 3 nitrogen and oxygen atoms in total. The van der Waals surface area contributed by atoms with Crippen LogP contribution in [-0.4, -0.2) is 22.4 Å². The van der Waals surface area contributed by atoms with Gasteiger partial charge in [0.25, 0.3) is 5.91 Å². The van der Waals surface area contributed by atoms with Crippen molar-refractivity contribution in [2.45, 2.75) is 18.2 Å². The van der Waals surface area contributed by atoms with E-state index in [0.717, 1.165) is 10.9 Å². The minimum atomic E-state index is -0.261. The highest BCUT2D eigenvalue weighted by molar-refractivity contribution is 9.10. The standard InChI is InChI=1S/C11H13Br2NO2/c1-2-7(12)6-14-11(16)9-4-3-8(13)5-10(9)15/h3-5,7,15H,2,6H2,1H3,(H,14,16). The van der Waals surface area contributed by atoms with E-state index in [4.69, 9.17) is 0 Å². The number of halogens is 2. The van der Waals surface area contributed by atoms with Crippen molar-refractivity contribution in [3.8, 4) is 5.75 Å². The Morgan fingerprint density at radius 2 is 2.25 bits per heavy atom. The molecule has 1 unspecified atom stereocenters. The van der Waals surface area contributed by atoms with E-state index in [1.165, 1.54) is 6.07 Å². The predicted octanol–water partition coefficient (Wildman–Crippen LogP) is 3.06. The van der Waals surface area contributed by atoms with Crippen molar-refractivity contribution < 1.29 is 9.90 Å². The molecule has 0 spiro atoms. The first-order valence-corrected chi connectivity index (χ1v) is 6.66. The minimum Gasteiger partial charge on any atom is -0.507 e. The van der Waals surface area contributed by atoms with E-state index in [-0.39, 0.29) is 16.5 Å². The molecule has 0 aliphatic carbocycles. The topological polar surface area (TPSA) is 49.3 Å². The molecular weight excluding hydrogens is 338 g/mol. The van der Waals surface area contributed by atoms with Gasteiger partial charge in [-0.1, -0.05) is 38.8 Å². The van der Waals surface area contributed by atoms with Gasteiger partial charge in [0.1, 0.15) is 5.75 Å². The van der Waals surface area contributed by atoms with Crippen molar-refractivity contribution >= 4 is 37.8 Å². The van der Waals surface area contributed by atoms with Crippen molar-refractivity contribution in [3.05, 3.63) is 28.2 Å². The lowest BCUT2D eigenvalue weighted by molar-refractivity contribution is 0.0951. The third kappa shape index (κ3) is 3.79. The molecule has 0 aliphatic heterocycles. The van der Waals surface area contributed by atoms with Crippen molar-refractivity contribution in [3.63, 3.8) is 0 Å². The normalized spacial score (nSPS) is 12.2. The van der Waals surface area contributed by atoms with Crippen LogP contribution in [0, 0.1) is 0 Å². The van der Waals surface area contributed by atoms with Crippen LogP contribution in [0.25, 0.3) is 0 Å². The summed E-state index contributed by atoms with van der Waals surface area (Å²) in [4.78, 5) is 11.9. The highest BCUT2D eigenvalue weighted by atomic mass is 79.9. The van der Waals surface area contributed by atoms with Crippen LogP contribution in [0.2, 0.25) is 0 Å². The van der Waals surface area contributed by atoms with Crippen molar-refractivity contribution in [2.75, 3.05) is 6.54 Å². The molecule has 0 bridgehead atoms. The van der Waals surface area contributed by atoms with Crippen LogP contribution in [0.4, 0.5) is 0 Å². The number of hydrogen-bond donors (Lipinski definition) is 2. The number of nitrogens with one attached hydrogen (secondary N) is 1. The Morgan fingerprint density at radius 3 is 2.81 bits per heavy atom. The maximum atomic E-state index is 11.7. The van der Waals surface area contributed by atoms with E-state index in [1.807, 2.05) is 6.92 Å². The summed E-state index contributed by atoms with van der Waals surface area (Å²) in [5.74, 6) is -0.280. The smallest absolute Gasteiger partial charge is 0.255 e. The Labute approximate surface area is 111 Å². The molecule has 0 aromatic heterocycles. The molecule has 1 amide bonds. The average molecular weight is 351 g/mol. The van der Waals surface area contributed by atoms with Crippen LogP contribution in [-0.2, 0) is 0 Å². The lowest BCUT2D eigenvalue weighted by Gasteiger charge is -2.09. The summed E-state index contributed by atoms with van der Waals surface area (Å²) in [6.07, 6.45) is 0.937. The van der Waals surface area contributed by atoms with Crippen molar-refractivity contribution in [1.82, 2.24) is 5.32 Å². The first-order valence-electron chi connectivity index (χ1n) is 4.95. The number of benzene rings is 1. The van der Waals surface area contributed by atoms with Gasteiger partial charge in [-0.3, -0.25) is 4.79 Å². The first-order chi connectivity index (χ1) is 7.54. The fourth-order valence-corrected chi connectivity index (χ4v) is 1.65. The zero-order valence-corrected chi connectivity index (χ0v) is 12.0. The Kier molecular flexibility index (Phi) is 5.28. The number of amides is 1. The number of phenols is 1. The number of carbonyl (C=O) groups is 1. The second-order valence-corrected chi connectivity index (χ2v) is 5.59. The van der Waals surface area contributed by atoms with Gasteiger partial charge in [0.2, 0.25) is 0 Å². The fourth-order valence-electron chi connectivity index (χ4n) is 1.14. The van der Waals surface area contributed by atoms with Gasteiger partial charge in [0, 0.05) is 15.8 Å². The maximum absolute atomic E-state index is 11.7. The van der Waals surface area contributed by atoms with E-state index in [9.17, 15) is 9.90 Å². The van der Waals surface area contributed by atoms with Gasteiger partial charge in [0.05, 0.1) is 5.56 Å². The molecule has 1 aromatic rings. The first kappa shape index (κ1) is 13.5. The molecule has 0 aliphatic rings. The van der Waals surface area contributed by atoms with E-state index < -0.39 is 0 Å². The van der Waals surface area contributed by atoms with Crippen LogP contribution in [0.5, 0.6) is 5.75 Å². The number of aromatic hydroxyl groups is 1. The lowest BCUT2D eigenvalue weighted by atomic mass is 10.2. The van der Waals surface area contributed by atoms with Crippen molar-refractivity contribution in [1.29, 1.82) is 0 Å². The second-order valence-electron chi connectivity index (χ2n) is 3.38. The molecule has 0 fully saturated rings. The lowest BCUT2D eigenvalue weighted by Crippen LogP contribution is -2.29. The molecule has 1 aromatic carbocycles. The molecule has 0 radical (unpaired) electrons. The summed E-state index contributed by atoms with van der Waals surface area (Å²) >= 11 is 6.64. The third-order valence-electron chi connectivity index (χ3n) is 2.13. The maximum Gasteiger partial charge on any atom is 0.255 e. The monoisotopic (exact) mass is 349 g/mol. The molecule has 0 heterocycles. The van der Waals surface area contributed by atoms with E-state index in [0.29, 0.717) is 12.1 Å². The molecule has 88 valence electrons. The van der Waals surface area contributed by atoms with Crippen molar-refractivity contribution in [2.24, 2.45) is 0 Å². The average Bonchev–Trinajstić information content (AvgIpc) is 2.25. The highest BCUT2D eigenvalue weighted by Gasteiger charge is 2.11. The SMILES string of the molecule is CCC(Br)CNC(=O)c1ccc(Br)cc1O. The second kappa shape index (κ2) is 6.25. The summed E-state index contributed by atoms with van der Waals surface area (Å²) < 4.78 is 0.744. The molecule has 1 atom stereocenters. The van der Waals surface area contributed by atoms with Gasteiger partial charge in [-0.15, -0.1) is 0 Å². The van der Waals surface area contributed by atoms with Crippen LogP contribution in [0.15, 0.2) is 22.7 Å². The number of phenolic OH excluding ortho intramolecular Hbond substituents is 1. The Hall–Kier alpha value is -0.550. The van der Waals surface area contributed by atoms with Gasteiger partial charge in [-0.2, -0.15) is 0 Å². The quantitative estimate of drug-likeness (QED) is 0.820. The van der Waals surface area contributed by atoms with Gasteiger partial charge in [-0.25, -0.2) is 0 Å². The Morgan fingerprint density at radius 1 is 1.56 bits per heavy atom.